The summed E-state index contributed by atoms with van der Waals surface area (Å²) < 4.78 is 0. The Hall–Kier alpha value is -3.35. The number of hydrogen-bond donors (Lipinski definition) is 3. The van der Waals surface area contributed by atoms with E-state index in [0.29, 0.717) is 30.0 Å². The van der Waals surface area contributed by atoms with E-state index in [0.717, 1.165) is 0 Å². The van der Waals surface area contributed by atoms with E-state index in [2.05, 4.69) is 16.0 Å². The summed E-state index contributed by atoms with van der Waals surface area (Å²) in [7, 11) is 0. The van der Waals surface area contributed by atoms with Gasteiger partial charge in [-0.25, -0.2) is 4.79 Å². The number of anilines is 2. The van der Waals surface area contributed by atoms with E-state index >= 15 is 0 Å². The normalized spacial score (nSPS) is 10.0. The number of urea groups is 1. The number of carbonyl (C=O) groups is 3. The van der Waals surface area contributed by atoms with Crippen LogP contribution in [0.3, 0.4) is 0 Å². The lowest BCUT2D eigenvalue weighted by Crippen LogP contribution is -2.40. The molecule has 0 bridgehead atoms. The molecular weight excluding hydrogens is 344 g/mol. The van der Waals surface area contributed by atoms with Crippen molar-refractivity contribution in [1.82, 2.24) is 10.2 Å². The van der Waals surface area contributed by atoms with Gasteiger partial charge in [-0.15, -0.1) is 0 Å². The maximum absolute atomic E-state index is 12.5. The number of hydrogen-bond acceptors (Lipinski definition) is 3. The summed E-state index contributed by atoms with van der Waals surface area (Å²) in [5.41, 5.74) is 1.70. The molecule has 7 heteroatoms. The van der Waals surface area contributed by atoms with Gasteiger partial charge in [0, 0.05) is 30.0 Å². The number of nitrogens with zero attached hydrogens (tertiary/aromatic N) is 1. The van der Waals surface area contributed by atoms with Gasteiger partial charge in [0.2, 0.25) is 5.91 Å². The summed E-state index contributed by atoms with van der Waals surface area (Å²) in [4.78, 5) is 37.7. The molecule has 2 aromatic rings. The molecule has 0 aromatic heterocycles. The van der Waals surface area contributed by atoms with E-state index in [9.17, 15) is 14.4 Å². The predicted molar refractivity (Wildman–Crippen MR) is 106 cm³/mol. The molecule has 27 heavy (non-hydrogen) atoms. The van der Waals surface area contributed by atoms with Gasteiger partial charge in [0.05, 0.1) is 6.54 Å². The second-order valence-corrected chi connectivity index (χ2v) is 5.80. The average molecular weight is 368 g/mol. The zero-order valence-corrected chi connectivity index (χ0v) is 15.5. The number of carbonyl (C=O) groups excluding carboxylic acids is 3. The van der Waals surface area contributed by atoms with Crippen LogP contribution >= 0.6 is 0 Å². The van der Waals surface area contributed by atoms with Crippen LogP contribution in [0.4, 0.5) is 16.2 Å². The van der Waals surface area contributed by atoms with Crippen molar-refractivity contribution in [3.8, 4) is 0 Å². The molecule has 0 fully saturated rings. The van der Waals surface area contributed by atoms with Gasteiger partial charge in [-0.2, -0.15) is 0 Å². The lowest BCUT2D eigenvalue weighted by molar-refractivity contribution is -0.121. The maximum atomic E-state index is 12.5. The molecular formula is C20H24N4O3. The first-order valence-corrected chi connectivity index (χ1v) is 8.82. The van der Waals surface area contributed by atoms with Crippen LogP contribution in [-0.4, -0.2) is 42.4 Å². The molecule has 4 amide bonds. The largest absolute Gasteiger partial charge is 0.355 e. The van der Waals surface area contributed by atoms with Crippen molar-refractivity contribution < 1.29 is 14.4 Å². The fourth-order valence-corrected chi connectivity index (χ4v) is 2.45. The van der Waals surface area contributed by atoms with Crippen molar-refractivity contribution in [3.63, 3.8) is 0 Å². The van der Waals surface area contributed by atoms with Crippen LogP contribution in [0.25, 0.3) is 0 Å². The van der Waals surface area contributed by atoms with Gasteiger partial charge in [-0.3, -0.25) is 9.59 Å². The molecule has 2 aromatic carbocycles. The zero-order chi connectivity index (χ0) is 19.6. The summed E-state index contributed by atoms with van der Waals surface area (Å²) in [6.07, 6.45) is 0. The second kappa shape index (κ2) is 9.96. The Morgan fingerprint density at radius 3 is 2.00 bits per heavy atom. The number of para-hydroxylation sites is 1. The quantitative estimate of drug-likeness (QED) is 0.702. The minimum absolute atomic E-state index is 0.0165. The Morgan fingerprint density at radius 2 is 1.44 bits per heavy atom. The molecule has 0 atom stereocenters. The molecule has 142 valence electrons. The fraction of sp³-hybridized carbons (Fsp3) is 0.250. The number of nitrogens with one attached hydrogen (secondary N) is 3. The van der Waals surface area contributed by atoms with Gasteiger partial charge in [0.25, 0.3) is 5.91 Å². The van der Waals surface area contributed by atoms with Crippen molar-refractivity contribution in [2.24, 2.45) is 0 Å². The van der Waals surface area contributed by atoms with E-state index in [1.54, 1.807) is 36.4 Å². The molecule has 0 saturated carbocycles. The van der Waals surface area contributed by atoms with Crippen molar-refractivity contribution in [2.45, 2.75) is 13.8 Å². The minimum atomic E-state index is -0.369. The SMILES string of the molecule is CCNC(=O)CN(CC)C(=O)c1ccc(NC(=O)Nc2ccccc2)cc1. The fourth-order valence-electron chi connectivity index (χ4n) is 2.45. The summed E-state index contributed by atoms with van der Waals surface area (Å²) in [5.74, 6) is -0.424. The van der Waals surface area contributed by atoms with Crippen LogP contribution < -0.4 is 16.0 Å². The summed E-state index contributed by atoms with van der Waals surface area (Å²) in [6.45, 7) is 4.62. The Bertz CT molecular complexity index is 776. The molecule has 0 aliphatic rings. The molecule has 3 N–H and O–H groups in total. The van der Waals surface area contributed by atoms with Crippen LogP contribution in [0.5, 0.6) is 0 Å². The van der Waals surface area contributed by atoms with E-state index < -0.39 is 0 Å². The summed E-state index contributed by atoms with van der Waals surface area (Å²) in [6, 6.07) is 15.3. The molecule has 0 radical (unpaired) electrons. The molecule has 0 heterocycles. The first-order valence-electron chi connectivity index (χ1n) is 8.82. The second-order valence-electron chi connectivity index (χ2n) is 5.80. The number of likely N-dealkylation sites (N-methyl/N-ethyl adjacent to an activating group) is 2. The minimum Gasteiger partial charge on any atom is -0.355 e. The molecule has 2 rings (SSSR count). The lowest BCUT2D eigenvalue weighted by Gasteiger charge is -2.20. The van der Waals surface area contributed by atoms with Crippen molar-refractivity contribution in [3.05, 3.63) is 60.2 Å². The monoisotopic (exact) mass is 368 g/mol. The summed E-state index contributed by atoms with van der Waals surface area (Å²) in [5, 5.41) is 8.11. The van der Waals surface area contributed by atoms with Crippen molar-refractivity contribution in [1.29, 1.82) is 0 Å². The highest BCUT2D eigenvalue weighted by Gasteiger charge is 2.17. The standard InChI is InChI=1S/C20H24N4O3/c1-3-21-18(25)14-24(4-2)19(26)15-10-12-17(13-11-15)23-20(27)22-16-8-6-5-7-9-16/h5-13H,3-4,14H2,1-2H3,(H,21,25)(H2,22,23,27). The molecule has 7 nitrogen and oxygen atoms in total. The first-order chi connectivity index (χ1) is 13.0. The van der Waals surface area contributed by atoms with Crippen molar-refractivity contribution >= 4 is 29.2 Å². The molecule has 0 aliphatic carbocycles. The van der Waals surface area contributed by atoms with Gasteiger partial charge >= 0.3 is 6.03 Å². The van der Waals surface area contributed by atoms with Gasteiger partial charge in [-0.05, 0) is 50.2 Å². The highest BCUT2D eigenvalue weighted by atomic mass is 16.2. The topological polar surface area (TPSA) is 90.5 Å². The number of benzene rings is 2. The van der Waals surface area contributed by atoms with Gasteiger partial charge in [0.15, 0.2) is 0 Å². The van der Waals surface area contributed by atoms with Crippen molar-refractivity contribution in [2.75, 3.05) is 30.3 Å². The van der Waals surface area contributed by atoms with Crippen LogP contribution in [0.2, 0.25) is 0 Å². The Labute approximate surface area is 158 Å². The third-order valence-corrected chi connectivity index (χ3v) is 3.80. The van der Waals surface area contributed by atoms with Gasteiger partial charge < -0.3 is 20.9 Å². The highest BCUT2D eigenvalue weighted by molar-refractivity contribution is 6.00. The van der Waals surface area contributed by atoms with Crippen LogP contribution in [0.15, 0.2) is 54.6 Å². The number of amides is 4. The predicted octanol–water partition coefficient (Wildman–Crippen LogP) is 2.93. The Kier molecular flexibility index (Phi) is 7.37. The summed E-state index contributed by atoms with van der Waals surface area (Å²) >= 11 is 0. The third-order valence-electron chi connectivity index (χ3n) is 3.80. The average Bonchev–Trinajstić information content (AvgIpc) is 2.67. The van der Waals surface area contributed by atoms with Gasteiger partial charge in [0.1, 0.15) is 0 Å². The molecule has 0 unspecified atom stereocenters. The molecule has 0 saturated heterocycles. The molecule has 0 aliphatic heterocycles. The van der Waals surface area contributed by atoms with Crippen LogP contribution in [0.1, 0.15) is 24.2 Å². The highest BCUT2D eigenvalue weighted by Crippen LogP contribution is 2.13. The van der Waals surface area contributed by atoms with E-state index in [1.807, 2.05) is 32.0 Å². The number of rotatable bonds is 7. The maximum Gasteiger partial charge on any atom is 0.323 e. The van der Waals surface area contributed by atoms with Crippen LogP contribution in [-0.2, 0) is 4.79 Å². The Morgan fingerprint density at radius 1 is 0.852 bits per heavy atom. The van der Waals surface area contributed by atoms with Crippen LogP contribution in [0, 0.1) is 0 Å². The Balaban J connectivity index is 1.95. The van der Waals surface area contributed by atoms with E-state index in [1.165, 1.54) is 4.90 Å². The van der Waals surface area contributed by atoms with E-state index in [-0.39, 0.29) is 24.4 Å². The van der Waals surface area contributed by atoms with E-state index in [4.69, 9.17) is 0 Å². The van der Waals surface area contributed by atoms with Gasteiger partial charge in [-0.1, -0.05) is 18.2 Å². The third kappa shape index (κ3) is 6.14. The zero-order valence-electron chi connectivity index (χ0n) is 15.5. The lowest BCUT2D eigenvalue weighted by atomic mass is 10.1. The molecule has 0 spiro atoms. The smallest absolute Gasteiger partial charge is 0.323 e. The first kappa shape index (κ1) is 20.0.